The average molecular weight is 315 g/mol. The lowest BCUT2D eigenvalue weighted by Crippen LogP contribution is -2.18. The van der Waals surface area contributed by atoms with Gasteiger partial charge in [-0.25, -0.2) is 0 Å². The Balaban J connectivity index is 0.00000180. The lowest BCUT2D eigenvalue weighted by Gasteiger charge is -2.16. The van der Waals surface area contributed by atoms with Gasteiger partial charge in [0.15, 0.2) is 0 Å². The molecule has 0 fully saturated rings. The van der Waals surface area contributed by atoms with Crippen LogP contribution in [0.5, 0.6) is 0 Å². The molecule has 0 aliphatic carbocycles. The van der Waals surface area contributed by atoms with Crippen LogP contribution in [0.4, 0.5) is 0 Å². The van der Waals surface area contributed by atoms with Crippen LogP contribution in [-0.4, -0.2) is 10.6 Å². The van der Waals surface area contributed by atoms with Gasteiger partial charge in [0.05, 0.1) is 0 Å². The van der Waals surface area contributed by atoms with Gasteiger partial charge in [0.1, 0.15) is 0 Å². The summed E-state index contributed by atoms with van der Waals surface area (Å²) in [6.45, 7) is 8.53. The number of hydrogen-bond acceptors (Lipinski definition) is 1. The van der Waals surface area contributed by atoms with Crippen molar-refractivity contribution in [1.82, 2.24) is 4.57 Å². The molecule has 0 saturated carbocycles. The summed E-state index contributed by atoms with van der Waals surface area (Å²) in [5, 5.41) is 0. The van der Waals surface area contributed by atoms with Gasteiger partial charge in [-0.3, -0.25) is 0 Å². The predicted octanol–water partition coefficient (Wildman–Crippen LogP) is 4.14. The Morgan fingerprint density at radius 3 is 2.05 bits per heavy atom. The molecule has 2 aromatic rings. The minimum Gasteiger partial charge on any atom is -0.328 e. The van der Waals surface area contributed by atoms with Gasteiger partial charge in [0, 0.05) is 23.1 Å². The van der Waals surface area contributed by atoms with Crippen LogP contribution in [0.15, 0.2) is 30.3 Å². The molecule has 1 heterocycles. The van der Waals surface area contributed by atoms with Gasteiger partial charge in [-0.05, 0) is 63.4 Å². The van der Waals surface area contributed by atoms with Gasteiger partial charge >= 0.3 is 0 Å². The standard InChI is InChI=1S/C16H22N2.2ClH/c1-11(17)10-15-6-5-7-16(14(15)4)18-12(2)8-9-13(18)3;;/h5-9,11H,10,17H2,1-4H3;2*1H. The molecule has 2 nitrogen and oxygen atoms in total. The SMILES string of the molecule is Cc1c(CC(C)N)cccc1-n1c(C)ccc1C.Cl.Cl. The third-order valence-electron chi connectivity index (χ3n) is 3.47. The van der Waals surface area contributed by atoms with Gasteiger partial charge in [0.25, 0.3) is 0 Å². The molecule has 0 bridgehead atoms. The molecule has 0 aliphatic rings. The van der Waals surface area contributed by atoms with Crippen molar-refractivity contribution in [2.75, 3.05) is 0 Å². The quantitative estimate of drug-likeness (QED) is 0.907. The smallest absolute Gasteiger partial charge is 0.0486 e. The van der Waals surface area contributed by atoms with E-state index in [0.717, 1.165) is 6.42 Å². The van der Waals surface area contributed by atoms with Gasteiger partial charge in [-0.2, -0.15) is 0 Å². The minimum atomic E-state index is 0. The van der Waals surface area contributed by atoms with E-state index in [1.807, 2.05) is 0 Å². The molecule has 20 heavy (non-hydrogen) atoms. The van der Waals surface area contributed by atoms with Crippen LogP contribution in [0, 0.1) is 20.8 Å². The molecule has 4 heteroatoms. The van der Waals surface area contributed by atoms with Gasteiger partial charge < -0.3 is 10.3 Å². The van der Waals surface area contributed by atoms with E-state index in [4.69, 9.17) is 5.73 Å². The first-order valence-corrected chi connectivity index (χ1v) is 6.50. The first-order chi connectivity index (χ1) is 8.50. The lowest BCUT2D eigenvalue weighted by atomic mass is 10.0. The van der Waals surface area contributed by atoms with Crippen molar-refractivity contribution >= 4 is 24.8 Å². The Morgan fingerprint density at radius 2 is 1.55 bits per heavy atom. The molecule has 112 valence electrons. The van der Waals surface area contributed by atoms with E-state index in [1.54, 1.807) is 0 Å². The van der Waals surface area contributed by atoms with Crippen LogP contribution >= 0.6 is 24.8 Å². The van der Waals surface area contributed by atoms with E-state index < -0.39 is 0 Å². The highest BCUT2D eigenvalue weighted by Gasteiger charge is 2.10. The highest BCUT2D eigenvalue weighted by Crippen LogP contribution is 2.23. The van der Waals surface area contributed by atoms with E-state index in [1.165, 1.54) is 28.2 Å². The topological polar surface area (TPSA) is 30.9 Å². The van der Waals surface area contributed by atoms with Crippen LogP contribution in [-0.2, 0) is 6.42 Å². The van der Waals surface area contributed by atoms with Crippen LogP contribution in [0.3, 0.4) is 0 Å². The van der Waals surface area contributed by atoms with Gasteiger partial charge in [0.2, 0.25) is 0 Å². The summed E-state index contributed by atoms with van der Waals surface area (Å²) in [5.74, 6) is 0. The molecule has 0 radical (unpaired) electrons. The molecule has 1 unspecified atom stereocenters. The molecule has 1 aromatic carbocycles. The van der Waals surface area contributed by atoms with Gasteiger partial charge in [-0.15, -0.1) is 24.8 Å². The summed E-state index contributed by atoms with van der Waals surface area (Å²) in [6, 6.07) is 11.0. The zero-order chi connectivity index (χ0) is 13.3. The molecule has 0 spiro atoms. The first-order valence-electron chi connectivity index (χ1n) is 6.50. The number of aromatic nitrogens is 1. The normalized spacial score (nSPS) is 11.4. The summed E-state index contributed by atoms with van der Waals surface area (Å²) in [4.78, 5) is 0. The molecule has 2 N–H and O–H groups in total. The zero-order valence-corrected chi connectivity index (χ0v) is 14.1. The molecule has 0 aliphatic heterocycles. The summed E-state index contributed by atoms with van der Waals surface area (Å²) >= 11 is 0. The third kappa shape index (κ3) is 3.78. The summed E-state index contributed by atoms with van der Waals surface area (Å²) in [5.41, 5.74) is 12.4. The Labute approximate surface area is 134 Å². The number of benzene rings is 1. The van der Waals surface area contributed by atoms with Crippen molar-refractivity contribution in [3.05, 3.63) is 52.8 Å². The first kappa shape index (κ1) is 19.0. The van der Waals surface area contributed by atoms with Crippen molar-refractivity contribution in [3.8, 4) is 5.69 Å². The number of halogens is 2. The number of aryl methyl sites for hydroxylation is 2. The second-order valence-electron chi connectivity index (χ2n) is 5.19. The Bertz CT molecular complexity index is 540. The monoisotopic (exact) mass is 314 g/mol. The molecular weight excluding hydrogens is 291 g/mol. The number of rotatable bonds is 3. The average Bonchev–Trinajstić information content (AvgIpc) is 2.62. The summed E-state index contributed by atoms with van der Waals surface area (Å²) in [7, 11) is 0. The molecule has 0 saturated heterocycles. The summed E-state index contributed by atoms with van der Waals surface area (Å²) in [6.07, 6.45) is 0.930. The van der Waals surface area contributed by atoms with Crippen LogP contribution < -0.4 is 5.73 Å². The third-order valence-corrected chi connectivity index (χ3v) is 3.47. The number of nitrogens with two attached hydrogens (primary N) is 1. The van der Waals surface area contributed by atoms with Crippen molar-refractivity contribution in [2.24, 2.45) is 5.73 Å². The summed E-state index contributed by atoms with van der Waals surface area (Å²) < 4.78 is 2.31. The highest BCUT2D eigenvalue weighted by atomic mass is 35.5. The van der Waals surface area contributed by atoms with Crippen LogP contribution in [0.2, 0.25) is 0 Å². The van der Waals surface area contributed by atoms with Crippen molar-refractivity contribution in [2.45, 2.75) is 40.2 Å². The maximum absolute atomic E-state index is 5.92. The second kappa shape index (κ2) is 7.72. The molecule has 2 rings (SSSR count). The highest BCUT2D eigenvalue weighted by molar-refractivity contribution is 5.85. The van der Waals surface area contributed by atoms with E-state index in [0.29, 0.717) is 0 Å². The number of hydrogen-bond donors (Lipinski definition) is 1. The lowest BCUT2D eigenvalue weighted by molar-refractivity contribution is 0.733. The van der Waals surface area contributed by atoms with Gasteiger partial charge in [-0.1, -0.05) is 12.1 Å². The van der Waals surface area contributed by atoms with Crippen molar-refractivity contribution in [3.63, 3.8) is 0 Å². The molecular formula is C16H24Cl2N2. The molecule has 1 atom stereocenters. The van der Waals surface area contributed by atoms with Crippen LogP contribution in [0.25, 0.3) is 5.69 Å². The van der Waals surface area contributed by atoms with Crippen molar-refractivity contribution in [1.29, 1.82) is 0 Å². The van der Waals surface area contributed by atoms with Crippen molar-refractivity contribution < 1.29 is 0 Å². The van der Waals surface area contributed by atoms with E-state index >= 15 is 0 Å². The molecule has 1 aromatic heterocycles. The molecule has 0 amide bonds. The fourth-order valence-electron chi connectivity index (χ4n) is 2.53. The predicted molar refractivity (Wildman–Crippen MR) is 91.8 cm³/mol. The Kier molecular flexibility index (Phi) is 7.35. The number of nitrogens with zero attached hydrogens (tertiary/aromatic N) is 1. The fourth-order valence-corrected chi connectivity index (χ4v) is 2.53. The minimum absolute atomic E-state index is 0. The van der Waals surface area contributed by atoms with E-state index in [9.17, 15) is 0 Å². The largest absolute Gasteiger partial charge is 0.328 e. The van der Waals surface area contributed by atoms with E-state index in [-0.39, 0.29) is 30.9 Å². The second-order valence-corrected chi connectivity index (χ2v) is 5.19. The van der Waals surface area contributed by atoms with Crippen LogP contribution in [0.1, 0.15) is 29.4 Å². The maximum Gasteiger partial charge on any atom is 0.0486 e. The maximum atomic E-state index is 5.92. The Morgan fingerprint density at radius 1 is 1.00 bits per heavy atom. The Hall–Kier alpha value is -0.960. The van der Waals surface area contributed by atoms with E-state index in [2.05, 4.69) is 62.6 Å². The fraction of sp³-hybridized carbons (Fsp3) is 0.375. The zero-order valence-electron chi connectivity index (χ0n) is 12.5.